The lowest BCUT2D eigenvalue weighted by molar-refractivity contribution is 0.274. The van der Waals surface area contributed by atoms with Crippen molar-refractivity contribution in [3.8, 4) is 0 Å². The van der Waals surface area contributed by atoms with E-state index in [9.17, 15) is 0 Å². The number of nitrogen functional groups attached to an aromatic ring is 1. The average Bonchev–Trinajstić information content (AvgIpc) is 3.05. The van der Waals surface area contributed by atoms with Gasteiger partial charge in [-0.1, -0.05) is 35.0 Å². The number of nitrogens with zero attached hydrogens (tertiary/aromatic N) is 1. The molecule has 17 heavy (non-hydrogen) atoms. The lowest BCUT2D eigenvalue weighted by atomic mass is 9.95. The number of rotatable bonds is 2. The highest BCUT2D eigenvalue weighted by Crippen LogP contribution is 2.47. The summed E-state index contributed by atoms with van der Waals surface area (Å²) >= 11 is 0. The van der Waals surface area contributed by atoms with Crippen molar-refractivity contribution in [2.45, 2.75) is 19.4 Å². The molecular formula is C13H14N2O2. The molecule has 88 valence electrons. The van der Waals surface area contributed by atoms with Gasteiger partial charge in [-0.15, -0.1) is 0 Å². The van der Waals surface area contributed by atoms with Gasteiger partial charge in [0, 0.05) is 0 Å². The molecule has 0 radical (unpaired) electrons. The van der Waals surface area contributed by atoms with Crippen LogP contribution in [0.3, 0.4) is 0 Å². The van der Waals surface area contributed by atoms with Crippen LogP contribution in [0, 0.1) is 13.8 Å². The summed E-state index contributed by atoms with van der Waals surface area (Å²) in [5.41, 5.74) is 9.02. The molecule has 3 rings (SSSR count). The van der Waals surface area contributed by atoms with Crippen molar-refractivity contribution < 1.29 is 9.26 Å². The highest BCUT2D eigenvalue weighted by molar-refractivity contribution is 5.53. The van der Waals surface area contributed by atoms with Crippen LogP contribution in [0.4, 0.5) is 5.69 Å². The number of aromatic nitrogens is 1. The van der Waals surface area contributed by atoms with Crippen LogP contribution < -0.4 is 5.73 Å². The van der Waals surface area contributed by atoms with Gasteiger partial charge >= 0.3 is 0 Å². The monoisotopic (exact) mass is 230 g/mol. The number of hydrogen-bond acceptors (Lipinski definition) is 4. The second kappa shape index (κ2) is 3.34. The van der Waals surface area contributed by atoms with Crippen LogP contribution >= 0.6 is 0 Å². The molecular weight excluding hydrogens is 216 g/mol. The first-order chi connectivity index (χ1) is 8.13. The molecule has 0 bridgehead atoms. The molecule has 2 heterocycles. The van der Waals surface area contributed by atoms with E-state index in [4.69, 9.17) is 15.0 Å². The van der Waals surface area contributed by atoms with Gasteiger partial charge in [0.05, 0.1) is 6.61 Å². The van der Waals surface area contributed by atoms with Crippen molar-refractivity contribution >= 4 is 5.69 Å². The summed E-state index contributed by atoms with van der Waals surface area (Å²) in [7, 11) is 0. The van der Waals surface area contributed by atoms with Crippen molar-refractivity contribution in [3.05, 3.63) is 46.8 Å². The van der Waals surface area contributed by atoms with Gasteiger partial charge in [-0.3, -0.25) is 0 Å². The van der Waals surface area contributed by atoms with Crippen LogP contribution in [0.5, 0.6) is 0 Å². The summed E-state index contributed by atoms with van der Waals surface area (Å²) in [5, 5.41) is 3.89. The van der Waals surface area contributed by atoms with Crippen molar-refractivity contribution in [1.82, 2.24) is 5.16 Å². The van der Waals surface area contributed by atoms with E-state index in [2.05, 4.69) is 24.2 Å². The number of aryl methyl sites for hydroxylation is 2. The average molecular weight is 230 g/mol. The fraction of sp³-hybridized carbons (Fsp3) is 0.308. The predicted molar refractivity (Wildman–Crippen MR) is 63.6 cm³/mol. The molecule has 4 nitrogen and oxygen atoms in total. The van der Waals surface area contributed by atoms with E-state index in [1.807, 2.05) is 19.1 Å². The van der Waals surface area contributed by atoms with Gasteiger partial charge in [0.2, 0.25) is 0 Å². The Morgan fingerprint density at radius 2 is 1.88 bits per heavy atom. The standard InChI is InChI=1S/C13H14N2O2/c1-8-3-5-10(6-4-8)13(7-16-13)12-11(14)9(2)15-17-12/h3-6H,7,14H2,1-2H3. The number of benzene rings is 1. The van der Waals surface area contributed by atoms with Crippen LogP contribution in [0.25, 0.3) is 0 Å². The van der Waals surface area contributed by atoms with Crippen molar-refractivity contribution in [3.63, 3.8) is 0 Å². The third kappa shape index (κ3) is 1.45. The zero-order valence-corrected chi connectivity index (χ0v) is 9.86. The first-order valence-electron chi connectivity index (χ1n) is 5.57. The fourth-order valence-corrected chi connectivity index (χ4v) is 1.99. The van der Waals surface area contributed by atoms with Crippen LogP contribution in [-0.4, -0.2) is 11.8 Å². The Kier molecular flexibility index (Phi) is 2.03. The number of hydrogen-bond donors (Lipinski definition) is 1. The van der Waals surface area contributed by atoms with Gasteiger partial charge < -0.3 is 15.0 Å². The zero-order valence-electron chi connectivity index (χ0n) is 9.86. The minimum absolute atomic E-state index is 0.515. The maximum atomic E-state index is 5.96. The van der Waals surface area contributed by atoms with Gasteiger partial charge in [0.15, 0.2) is 11.4 Å². The Bertz CT molecular complexity index is 553. The Morgan fingerprint density at radius 1 is 1.24 bits per heavy atom. The largest absolute Gasteiger partial charge is 0.394 e. The van der Waals surface area contributed by atoms with Gasteiger partial charge in [0.1, 0.15) is 11.4 Å². The van der Waals surface area contributed by atoms with E-state index in [0.29, 0.717) is 23.7 Å². The maximum absolute atomic E-state index is 5.96. The number of nitrogens with two attached hydrogens (primary N) is 1. The van der Waals surface area contributed by atoms with E-state index < -0.39 is 5.60 Å². The fourth-order valence-electron chi connectivity index (χ4n) is 1.99. The summed E-state index contributed by atoms with van der Waals surface area (Å²) in [6, 6.07) is 8.19. The number of epoxide rings is 1. The third-order valence-electron chi connectivity index (χ3n) is 3.23. The Morgan fingerprint density at radius 3 is 2.35 bits per heavy atom. The van der Waals surface area contributed by atoms with E-state index in [-0.39, 0.29) is 0 Å². The molecule has 1 fully saturated rings. The molecule has 1 aromatic heterocycles. The molecule has 1 aliphatic rings. The lowest BCUT2D eigenvalue weighted by Gasteiger charge is -2.09. The first kappa shape index (κ1) is 10.4. The van der Waals surface area contributed by atoms with Gasteiger partial charge in [-0.25, -0.2) is 0 Å². The maximum Gasteiger partial charge on any atom is 0.198 e. The van der Waals surface area contributed by atoms with E-state index in [1.165, 1.54) is 5.56 Å². The van der Waals surface area contributed by atoms with Crippen molar-refractivity contribution in [2.24, 2.45) is 0 Å². The minimum Gasteiger partial charge on any atom is -0.394 e. The quantitative estimate of drug-likeness (QED) is 0.803. The van der Waals surface area contributed by atoms with Gasteiger partial charge in [-0.2, -0.15) is 0 Å². The van der Waals surface area contributed by atoms with E-state index in [0.717, 1.165) is 5.56 Å². The van der Waals surface area contributed by atoms with Crippen LogP contribution in [-0.2, 0) is 10.3 Å². The Labute approximate surface area is 99.4 Å². The molecule has 0 spiro atoms. The molecule has 4 heteroatoms. The summed E-state index contributed by atoms with van der Waals surface area (Å²) in [6.07, 6.45) is 0. The summed E-state index contributed by atoms with van der Waals surface area (Å²) < 4.78 is 10.9. The second-order valence-electron chi connectivity index (χ2n) is 4.49. The number of ether oxygens (including phenoxy) is 1. The first-order valence-corrected chi connectivity index (χ1v) is 5.57. The van der Waals surface area contributed by atoms with E-state index >= 15 is 0 Å². The molecule has 0 saturated carbocycles. The molecule has 0 amide bonds. The zero-order chi connectivity index (χ0) is 12.0. The molecule has 1 unspecified atom stereocenters. The van der Waals surface area contributed by atoms with Gasteiger partial charge in [-0.05, 0) is 19.4 Å². The molecule has 1 saturated heterocycles. The highest BCUT2D eigenvalue weighted by atomic mass is 16.6. The summed E-state index contributed by atoms with van der Waals surface area (Å²) in [5.74, 6) is 0.624. The normalized spacial score (nSPS) is 22.7. The smallest absolute Gasteiger partial charge is 0.198 e. The predicted octanol–water partition coefficient (Wildman–Crippen LogP) is 2.15. The highest BCUT2D eigenvalue weighted by Gasteiger charge is 2.53. The lowest BCUT2D eigenvalue weighted by Crippen LogP contribution is -2.12. The molecule has 0 aliphatic carbocycles. The van der Waals surface area contributed by atoms with Crippen LogP contribution in [0.1, 0.15) is 22.6 Å². The van der Waals surface area contributed by atoms with E-state index in [1.54, 1.807) is 0 Å². The molecule has 2 N–H and O–H groups in total. The minimum atomic E-state index is -0.515. The van der Waals surface area contributed by atoms with Crippen LogP contribution in [0.15, 0.2) is 28.8 Å². The Balaban J connectivity index is 2.07. The molecule has 1 aromatic carbocycles. The second-order valence-corrected chi connectivity index (χ2v) is 4.49. The van der Waals surface area contributed by atoms with Crippen molar-refractivity contribution in [1.29, 1.82) is 0 Å². The third-order valence-corrected chi connectivity index (χ3v) is 3.23. The topological polar surface area (TPSA) is 64.6 Å². The SMILES string of the molecule is Cc1ccc(C2(c3onc(C)c3N)CO2)cc1. The molecule has 1 aliphatic heterocycles. The number of anilines is 1. The van der Waals surface area contributed by atoms with Crippen molar-refractivity contribution in [2.75, 3.05) is 12.3 Å². The summed E-state index contributed by atoms with van der Waals surface area (Å²) in [6.45, 7) is 4.47. The van der Waals surface area contributed by atoms with Gasteiger partial charge in [0.25, 0.3) is 0 Å². The van der Waals surface area contributed by atoms with Crippen LogP contribution in [0.2, 0.25) is 0 Å². The Hall–Kier alpha value is -1.81. The molecule has 1 atom stereocenters. The summed E-state index contributed by atoms with van der Waals surface area (Å²) in [4.78, 5) is 0. The molecule has 2 aromatic rings.